The molecule has 1 amide bonds. The molecular weight excluding hydrogens is 232 g/mol. The van der Waals surface area contributed by atoms with E-state index in [1.54, 1.807) is 4.90 Å². The summed E-state index contributed by atoms with van der Waals surface area (Å²) < 4.78 is 0. The summed E-state index contributed by atoms with van der Waals surface area (Å²) in [7, 11) is 0. The third-order valence-corrected chi connectivity index (χ3v) is 3.17. The molecule has 0 saturated carbocycles. The Morgan fingerprint density at radius 2 is 2.39 bits per heavy atom. The summed E-state index contributed by atoms with van der Waals surface area (Å²) in [6.07, 6.45) is 2.26. The lowest BCUT2D eigenvalue weighted by molar-refractivity contribution is 0.0744. The van der Waals surface area contributed by atoms with Crippen LogP contribution < -0.4 is 10.9 Å². The van der Waals surface area contributed by atoms with Crippen molar-refractivity contribution in [3.63, 3.8) is 0 Å². The van der Waals surface area contributed by atoms with E-state index in [-0.39, 0.29) is 17.2 Å². The molecule has 1 saturated heterocycles. The Bertz CT molecular complexity index is 445. The van der Waals surface area contributed by atoms with Crippen molar-refractivity contribution in [3.05, 3.63) is 28.2 Å². The molecule has 6 nitrogen and oxygen atoms in total. The van der Waals surface area contributed by atoms with E-state index in [9.17, 15) is 9.59 Å². The van der Waals surface area contributed by atoms with Gasteiger partial charge in [0.25, 0.3) is 11.5 Å². The van der Waals surface area contributed by atoms with E-state index >= 15 is 0 Å². The summed E-state index contributed by atoms with van der Waals surface area (Å²) in [6, 6.07) is 3.16. The van der Waals surface area contributed by atoms with Gasteiger partial charge in [-0.3, -0.25) is 9.59 Å². The second kappa shape index (κ2) is 5.77. The molecular formula is C12H18N4O2. The lowest BCUT2D eigenvalue weighted by Gasteiger charge is -2.23. The molecule has 2 N–H and O–H groups in total. The average Bonchev–Trinajstić information content (AvgIpc) is 2.89. The number of rotatable bonds is 4. The monoisotopic (exact) mass is 250 g/mol. The number of aromatic amines is 1. The van der Waals surface area contributed by atoms with Crippen molar-refractivity contribution in [2.75, 3.05) is 19.6 Å². The number of hydrogen-bond acceptors (Lipinski definition) is 4. The molecule has 98 valence electrons. The van der Waals surface area contributed by atoms with Gasteiger partial charge in [0.05, 0.1) is 0 Å². The summed E-state index contributed by atoms with van der Waals surface area (Å²) in [5, 5.41) is 9.42. The van der Waals surface area contributed by atoms with E-state index in [0.29, 0.717) is 19.1 Å². The highest BCUT2D eigenvalue weighted by molar-refractivity contribution is 5.92. The van der Waals surface area contributed by atoms with Gasteiger partial charge in [-0.05, 0) is 32.4 Å². The smallest absolute Gasteiger partial charge is 0.274 e. The second-order valence-corrected chi connectivity index (χ2v) is 4.44. The zero-order valence-corrected chi connectivity index (χ0v) is 10.5. The van der Waals surface area contributed by atoms with Gasteiger partial charge in [-0.25, -0.2) is 5.10 Å². The maximum absolute atomic E-state index is 12.2. The lowest BCUT2D eigenvalue weighted by atomic mass is 10.2. The van der Waals surface area contributed by atoms with Gasteiger partial charge in [0.1, 0.15) is 5.69 Å². The van der Waals surface area contributed by atoms with E-state index in [0.717, 1.165) is 19.4 Å². The van der Waals surface area contributed by atoms with Crippen LogP contribution in [0.2, 0.25) is 0 Å². The first-order chi connectivity index (χ1) is 8.70. The van der Waals surface area contributed by atoms with Gasteiger partial charge >= 0.3 is 0 Å². The van der Waals surface area contributed by atoms with Crippen LogP contribution in [0.1, 0.15) is 30.3 Å². The van der Waals surface area contributed by atoms with Crippen molar-refractivity contribution in [1.29, 1.82) is 0 Å². The van der Waals surface area contributed by atoms with Crippen molar-refractivity contribution in [3.8, 4) is 0 Å². The summed E-state index contributed by atoms with van der Waals surface area (Å²) in [5.74, 6) is -0.137. The highest BCUT2D eigenvalue weighted by Gasteiger charge is 2.22. The normalized spacial score (nSPS) is 18.8. The minimum Gasteiger partial charge on any atom is -0.336 e. The number of nitrogens with one attached hydrogen (secondary N) is 2. The Morgan fingerprint density at radius 3 is 2.94 bits per heavy atom. The van der Waals surface area contributed by atoms with Crippen LogP contribution in [-0.2, 0) is 0 Å². The SMILES string of the molecule is CCN(CC1CCCN1)C(=O)c1ccc(=O)[nH]n1. The Kier molecular flexibility index (Phi) is 4.09. The maximum Gasteiger partial charge on any atom is 0.274 e. The largest absolute Gasteiger partial charge is 0.336 e. The Morgan fingerprint density at radius 1 is 1.56 bits per heavy atom. The van der Waals surface area contributed by atoms with Crippen molar-refractivity contribution in [1.82, 2.24) is 20.4 Å². The van der Waals surface area contributed by atoms with Crippen molar-refractivity contribution < 1.29 is 4.79 Å². The van der Waals surface area contributed by atoms with Crippen molar-refractivity contribution >= 4 is 5.91 Å². The van der Waals surface area contributed by atoms with Gasteiger partial charge in [-0.15, -0.1) is 0 Å². The van der Waals surface area contributed by atoms with Crippen LogP contribution in [0, 0.1) is 0 Å². The van der Waals surface area contributed by atoms with Gasteiger partial charge in [0.2, 0.25) is 0 Å². The van der Waals surface area contributed by atoms with E-state index in [1.165, 1.54) is 12.1 Å². The third-order valence-electron chi connectivity index (χ3n) is 3.17. The summed E-state index contributed by atoms with van der Waals surface area (Å²) >= 11 is 0. The Labute approximate surface area is 105 Å². The fourth-order valence-corrected chi connectivity index (χ4v) is 2.16. The van der Waals surface area contributed by atoms with E-state index < -0.39 is 0 Å². The summed E-state index contributed by atoms with van der Waals surface area (Å²) in [4.78, 5) is 24.9. The van der Waals surface area contributed by atoms with Crippen LogP contribution in [0.5, 0.6) is 0 Å². The number of amides is 1. The molecule has 1 fully saturated rings. The molecule has 1 aromatic rings. The fourth-order valence-electron chi connectivity index (χ4n) is 2.16. The first-order valence-corrected chi connectivity index (χ1v) is 6.29. The quantitative estimate of drug-likeness (QED) is 0.787. The van der Waals surface area contributed by atoms with Gasteiger partial charge in [-0.2, -0.15) is 5.10 Å². The topological polar surface area (TPSA) is 78.1 Å². The minimum atomic E-state index is -0.299. The zero-order valence-electron chi connectivity index (χ0n) is 10.5. The van der Waals surface area contributed by atoms with E-state index in [1.807, 2.05) is 6.92 Å². The number of hydrogen-bond donors (Lipinski definition) is 2. The van der Waals surface area contributed by atoms with Gasteiger partial charge < -0.3 is 10.2 Å². The third kappa shape index (κ3) is 2.95. The van der Waals surface area contributed by atoms with Crippen LogP contribution >= 0.6 is 0 Å². The van der Waals surface area contributed by atoms with Crippen LogP contribution in [0.25, 0.3) is 0 Å². The highest BCUT2D eigenvalue weighted by Crippen LogP contribution is 2.08. The molecule has 0 spiro atoms. The predicted octanol–water partition coefficient (Wildman–Crippen LogP) is -0.0160. The lowest BCUT2D eigenvalue weighted by Crippen LogP contribution is -2.41. The standard InChI is InChI=1S/C12H18N4O2/c1-2-16(8-9-4-3-7-13-9)12(18)10-5-6-11(17)15-14-10/h5-6,9,13H,2-4,7-8H2,1H3,(H,15,17). The number of carbonyl (C=O) groups excluding carboxylic acids is 1. The number of likely N-dealkylation sites (N-methyl/N-ethyl adjacent to an activating group) is 1. The fraction of sp³-hybridized carbons (Fsp3) is 0.583. The van der Waals surface area contributed by atoms with Crippen LogP contribution in [-0.4, -0.2) is 46.7 Å². The number of carbonyl (C=O) groups is 1. The molecule has 1 aliphatic heterocycles. The molecule has 0 radical (unpaired) electrons. The molecule has 18 heavy (non-hydrogen) atoms. The molecule has 0 bridgehead atoms. The Balaban J connectivity index is 2.04. The molecule has 0 aromatic carbocycles. The number of H-pyrrole nitrogens is 1. The van der Waals surface area contributed by atoms with Crippen LogP contribution in [0.4, 0.5) is 0 Å². The van der Waals surface area contributed by atoms with E-state index in [2.05, 4.69) is 15.5 Å². The molecule has 6 heteroatoms. The molecule has 0 aliphatic carbocycles. The summed E-state index contributed by atoms with van der Waals surface area (Å²) in [6.45, 7) is 4.29. The van der Waals surface area contributed by atoms with Crippen molar-refractivity contribution in [2.45, 2.75) is 25.8 Å². The first kappa shape index (κ1) is 12.8. The van der Waals surface area contributed by atoms with E-state index in [4.69, 9.17) is 0 Å². The average molecular weight is 250 g/mol. The highest BCUT2D eigenvalue weighted by atomic mass is 16.2. The predicted molar refractivity (Wildman–Crippen MR) is 67.5 cm³/mol. The van der Waals surface area contributed by atoms with Gasteiger partial charge in [-0.1, -0.05) is 0 Å². The van der Waals surface area contributed by atoms with Gasteiger partial charge in [0, 0.05) is 25.2 Å². The molecule has 1 aromatic heterocycles. The molecule has 1 atom stereocenters. The second-order valence-electron chi connectivity index (χ2n) is 4.44. The molecule has 2 heterocycles. The molecule has 2 rings (SSSR count). The first-order valence-electron chi connectivity index (χ1n) is 6.29. The number of aromatic nitrogens is 2. The molecule has 1 unspecified atom stereocenters. The maximum atomic E-state index is 12.2. The van der Waals surface area contributed by atoms with Crippen LogP contribution in [0.3, 0.4) is 0 Å². The zero-order chi connectivity index (χ0) is 13.0. The minimum absolute atomic E-state index is 0.137. The summed E-state index contributed by atoms with van der Waals surface area (Å²) in [5.41, 5.74) is -0.0125. The Hall–Kier alpha value is -1.69. The van der Waals surface area contributed by atoms with Gasteiger partial charge in [0.15, 0.2) is 0 Å². The molecule has 1 aliphatic rings. The van der Waals surface area contributed by atoms with Crippen molar-refractivity contribution in [2.24, 2.45) is 0 Å². The number of nitrogens with zero attached hydrogens (tertiary/aromatic N) is 2. The van der Waals surface area contributed by atoms with Crippen LogP contribution in [0.15, 0.2) is 16.9 Å².